The zero-order valence-electron chi connectivity index (χ0n) is 16.2. The molecule has 0 bridgehead atoms. The van der Waals surface area contributed by atoms with Crippen molar-refractivity contribution in [3.63, 3.8) is 0 Å². The van der Waals surface area contributed by atoms with Gasteiger partial charge in [-0.1, -0.05) is 44.2 Å². The molecule has 1 aliphatic heterocycles. The molecule has 0 aromatic heterocycles. The molecule has 1 heterocycles. The fourth-order valence-electron chi connectivity index (χ4n) is 3.52. The summed E-state index contributed by atoms with van der Waals surface area (Å²) >= 11 is 0. The molecule has 0 spiro atoms. The molecular formula is C20H34N2O3. The van der Waals surface area contributed by atoms with Crippen LogP contribution in [0.1, 0.15) is 25.8 Å². The van der Waals surface area contributed by atoms with E-state index in [1.165, 1.54) is 5.56 Å². The van der Waals surface area contributed by atoms with Crippen LogP contribution in [-0.4, -0.2) is 75.2 Å². The van der Waals surface area contributed by atoms with Gasteiger partial charge in [0.25, 0.3) is 0 Å². The van der Waals surface area contributed by atoms with Crippen LogP contribution in [0.3, 0.4) is 0 Å². The SMILES string of the molecule is CCN(CC)CCOC1CN(Cc2ccccc2)CCC1(OC)OC. The van der Waals surface area contributed by atoms with Crippen LogP contribution in [0.2, 0.25) is 0 Å². The first-order valence-corrected chi connectivity index (χ1v) is 9.38. The molecule has 5 heteroatoms. The summed E-state index contributed by atoms with van der Waals surface area (Å²) in [5.41, 5.74) is 1.33. The first kappa shape index (κ1) is 20.3. The number of likely N-dealkylation sites (tertiary alicyclic amines) is 1. The van der Waals surface area contributed by atoms with Crippen molar-refractivity contribution >= 4 is 0 Å². The molecule has 25 heavy (non-hydrogen) atoms. The molecule has 1 aliphatic rings. The highest BCUT2D eigenvalue weighted by atomic mass is 16.7. The Morgan fingerprint density at radius 2 is 1.80 bits per heavy atom. The Hall–Kier alpha value is -0.980. The molecule has 142 valence electrons. The lowest BCUT2D eigenvalue weighted by Gasteiger charge is -2.45. The quantitative estimate of drug-likeness (QED) is 0.606. The van der Waals surface area contributed by atoms with Crippen molar-refractivity contribution in [2.75, 3.05) is 53.6 Å². The van der Waals surface area contributed by atoms with Crippen LogP contribution in [0.15, 0.2) is 30.3 Å². The van der Waals surface area contributed by atoms with E-state index in [0.717, 1.165) is 45.7 Å². The van der Waals surface area contributed by atoms with Gasteiger partial charge in [-0.15, -0.1) is 0 Å². The molecule has 1 saturated heterocycles. The van der Waals surface area contributed by atoms with Gasteiger partial charge in [0.15, 0.2) is 5.79 Å². The predicted octanol–water partition coefficient (Wildman–Crippen LogP) is 2.61. The molecule has 0 amide bonds. The van der Waals surface area contributed by atoms with Crippen LogP contribution in [0.4, 0.5) is 0 Å². The summed E-state index contributed by atoms with van der Waals surface area (Å²) in [7, 11) is 3.44. The standard InChI is InChI=1S/C20H34N2O3/c1-5-21(6-2)14-15-25-19-17-22(13-12-20(19,23-3)24-4)16-18-10-8-7-9-11-18/h7-11,19H,5-6,12-17H2,1-4H3. The molecule has 0 radical (unpaired) electrons. The fraction of sp³-hybridized carbons (Fsp3) is 0.700. The molecule has 0 aliphatic carbocycles. The van der Waals surface area contributed by atoms with Gasteiger partial charge in [-0.05, 0) is 18.7 Å². The zero-order valence-corrected chi connectivity index (χ0v) is 16.2. The second kappa shape index (κ2) is 10.2. The number of methoxy groups -OCH3 is 2. The minimum absolute atomic E-state index is 0.0875. The van der Waals surface area contributed by atoms with E-state index in [1.54, 1.807) is 14.2 Å². The molecule has 2 rings (SSSR count). The predicted molar refractivity (Wildman–Crippen MR) is 101 cm³/mol. The lowest BCUT2D eigenvalue weighted by Crippen LogP contribution is -2.58. The van der Waals surface area contributed by atoms with Crippen molar-refractivity contribution in [1.29, 1.82) is 0 Å². The van der Waals surface area contributed by atoms with Gasteiger partial charge in [-0.2, -0.15) is 0 Å². The topological polar surface area (TPSA) is 34.2 Å². The molecule has 0 N–H and O–H groups in total. The van der Waals surface area contributed by atoms with Crippen LogP contribution in [0.25, 0.3) is 0 Å². The van der Waals surface area contributed by atoms with Gasteiger partial charge in [0.05, 0.1) is 6.61 Å². The number of ether oxygens (including phenoxy) is 3. The highest BCUT2D eigenvalue weighted by Crippen LogP contribution is 2.30. The number of hydrogen-bond donors (Lipinski definition) is 0. The van der Waals surface area contributed by atoms with Gasteiger partial charge >= 0.3 is 0 Å². The number of hydrogen-bond acceptors (Lipinski definition) is 5. The van der Waals surface area contributed by atoms with Gasteiger partial charge in [0.1, 0.15) is 6.10 Å². The number of benzene rings is 1. The van der Waals surface area contributed by atoms with E-state index in [0.29, 0.717) is 6.61 Å². The van der Waals surface area contributed by atoms with E-state index >= 15 is 0 Å². The van der Waals surface area contributed by atoms with Gasteiger partial charge in [0.2, 0.25) is 0 Å². The summed E-state index contributed by atoms with van der Waals surface area (Å²) in [4.78, 5) is 4.79. The highest BCUT2D eigenvalue weighted by Gasteiger charge is 2.44. The number of piperidine rings is 1. The molecule has 1 atom stereocenters. The highest BCUT2D eigenvalue weighted by molar-refractivity contribution is 5.14. The lowest BCUT2D eigenvalue weighted by molar-refractivity contribution is -0.289. The third kappa shape index (κ3) is 5.50. The minimum Gasteiger partial charge on any atom is -0.370 e. The van der Waals surface area contributed by atoms with Crippen molar-refractivity contribution in [1.82, 2.24) is 9.80 Å². The van der Waals surface area contributed by atoms with E-state index in [2.05, 4.69) is 54.0 Å². The zero-order chi connectivity index (χ0) is 18.1. The summed E-state index contributed by atoms with van der Waals surface area (Å²) in [6.45, 7) is 10.8. The van der Waals surface area contributed by atoms with E-state index in [4.69, 9.17) is 14.2 Å². The van der Waals surface area contributed by atoms with Crippen LogP contribution in [0, 0.1) is 0 Å². The maximum absolute atomic E-state index is 6.25. The van der Waals surface area contributed by atoms with E-state index in [1.807, 2.05) is 0 Å². The van der Waals surface area contributed by atoms with Crippen molar-refractivity contribution in [2.45, 2.75) is 38.7 Å². The van der Waals surface area contributed by atoms with E-state index in [-0.39, 0.29) is 6.10 Å². The van der Waals surface area contributed by atoms with E-state index < -0.39 is 5.79 Å². The van der Waals surface area contributed by atoms with Gasteiger partial charge in [-0.25, -0.2) is 0 Å². The Balaban J connectivity index is 1.96. The van der Waals surface area contributed by atoms with Gasteiger partial charge < -0.3 is 19.1 Å². The van der Waals surface area contributed by atoms with Crippen molar-refractivity contribution in [3.05, 3.63) is 35.9 Å². The maximum Gasteiger partial charge on any atom is 0.196 e. The van der Waals surface area contributed by atoms with Crippen LogP contribution >= 0.6 is 0 Å². The lowest BCUT2D eigenvalue weighted by atomic mass is 9.99. The first-order valence-electron chi connectivity index (χ1n) is 9.38. The van der Waals surface area contributed by atoms with Gasteiger partial charge in [-0.3, -0.25) is 4.90 Å². The van der Waals surface area contributed by atoms with Gasteiger partial charge in [0, 0.05) is 46.8 Å². The summed E-state index contributed by atoms with van der Waals surface area (Å²) in [6, 6.07) is 10.6. The maximum atomic E-state index is 6.25. The molecular weight excluding hydrogens is 316 g/mol. The summed E-state index contributed by atoms with van der Waals surface area (Å²) in [5, 5.41) is 0. The molecule has 1 fully saturated rings. The largest absolute Gasteiger partial charge is 0.370 e. The average Bonchev–Trinajstić information content (AvgIpc) is 2.67. The molecule has 1 unspecified atom stereocenters. The monoisotopic (exact) mass is 350 g/mol. The normalized spacial score (nSPS) is 20.9. The Labute approximate surface area is 152 Å². The second-order valence-corrected chi connectivity index (χ2v) is 6.58. The summed E-state index contributed by atoms with van der Waals surface area (Å²) in [5.74, 6) is -0.642. The minimum atomic E-state index is -0.642. The first-order chi connectivity index (χ1) is 12.2. The molecule has 1 aromatic carbocycles. The fourth-order valence-corrected chi connectivity index (χ4v) is 3.52. The summed E-state index contributed by atoms with van der Waals surface area (Å²) < 4.78 is 17.8. The molecule has 1 aromatic rings. The van der Waals surface area contributed by atoms with Crippen molar-refractivity contribution in [3.8, 4) is 0 Å². The Morgan fingerprint density at radius 3 is 2.40 bits per heavy atom. The van der Waals surface area contributed by atoms with Crippen LogP contribution in [-0.2, 0) is 20.8 Å². The Kier molecular flexibility index (Phi) is 8.33. The summed E-state index contributed by atoms with van der Waals surface area (Å²) in [6.07, 6.45) is 0.721. The smallest absolute Gasteiger partial charge is 0.196 e. The Bertz CT molecular complexity index is 475. The third-order valence-corrected chi connectivity index (χ3v) is 5.25. The molecule has 5 nitrogen and oxygen atoms in total. The second-order valence-electron chi connectivity index (χ2n) is 6.58. The Morgan fingerprint density at radius 1 is 1.12 bits per heavy atom. The number of likely N-dealkylation sites (N-methyl/N-ethyl adjacent to an activating group) is 1. The van der Waals surface area contributed by atoms with Crippen LogP contribution < -0.4 is 0 Å². The van der Waals surface area contributed by atoms with E-state index in [9.17, 15) is 0 Å². The average molecular weight is 351 g/mol. The van der Waals surface area contributed by atoms with Crippen LogP contribution in [0.5, 0.6) is 0 Å². The number of rotatable bonds is 10. The number of nitrogens with zero attached hydrogens (tertiary/aromatic N) is 2. The third-order valence-electron chi connectivity index (χ3n) is 5.25. The van der Waals surface area contributed by atoms with Crippen molar-refractivity contribution in [2.24, 2.45) is 0 Å². The van der Waals surface area contributed by atoms with Crippen molar-refractivity contribution < 1.29 is 14.2 Å². The molecule has 0 saturated carbocycles.